The Hall–Kier alpha value is -1.42. The van der Waals surface area contributed by atoms with Crippen LogP contribution in [0.2, 0.25) is 0 Å². The van der Waals surface area contributed by atoms with E-state index in [1.807, 2.05) is 6.07 Å². The van der Waals surface area contributed by atoms with E-state index in [2.05, 4.69) is 20.9 Å². The number of nitrogens with zero attached hydrogens (tertiary/aromatic N) is 2. The predicted octanol–water partition coefficient (Wildman–Crippen LogP) is 1.99. The summed E-state index contributed by atoms with van der Waals surface area (Å²) in [6, 6.07) is 6.92. The molecule has 2 aromatic rings. The second-order valence-corrected chi connectivity index (χ2v) is 3.67. The first kappa shape index (κ1) is 9.15. The van der Waals surface area contributed by atoms with Gasteiger partial charge in [-0.3, -0.25) is 14.3 Å². The van der Waals surface area contributed by atoms with Crippen molar-refractivity contribution in [2.45, 2.75) is 0 Å². The molecule has 0 amide bonds. The van der Waals surface area contributed by atoms with E-state index >= 15 is 0 Å². The van der Waals surface area contributed by atoms with Gasteiger partial charge in [0.2, 0.25) is 0 Å². The topological polar surface area (TPSA) is 34.9 Å². The van der Waals surface area contributed by atoms with Gasteiger partial charge in [0.15, 0.2) is 0 Å². The van der Waals surface area contributed by atoms with E-state index in [0.29, 0.717) is 0 Å². The van der Waals surface area contributed by atoms with Crippen LogP contribution in [-0.2, 0) is 0 Å². The highest BCUT2D eigenvalue weighted by Crippen LogP contribution is 2.07. The Kier molecular flexibility index (Phi) is 2.45. The number of hydrogen-bond donors (Lipinski definition) is 0. The molecule has 0 fully saturated rings. The highest BCUT2D eigenvalue weighted by atomic mass is 79.9. The van der Waals surface area contributed by atoms with Crippen LogP contribution >= 0.6 is 15.9 Å². The van der Waals surface area contributed by atoms with Crippen molar-refractivity contribution < 1.29 is 0 Å². The first-order chi connectivity index (χ1) is 6.77. The van der Waals surface area contributed by atoms with E-state index in [1.54, 1.807) is 35.3 Å². The summed E-state index contributed by atoms with van der Waals surface area (Å²) in [5.74, 6) is 0. The van der Waals surface area contributed by atoms with Crippen molar-refractivity contribution >= 4 is 15.9 Å². The van der Waals surface area contributed by atoms with Crippen LogP contribution in [0.3, 0.4) is 0 Å². The average molecular weight is 251 g/mol. The van der Waals surface area contributed by atoms with Gasteiger partial charge in [-0.2, -0.15) is 0 Å². The molecule has 2 heterocycles. The van der Waals surface area contributed by atoms with Gasteiger partial charge in [0.25, 0.3) is 5.56 Å². The minimum atomic E-state index is -0.0643. The Bertz CT molecular complexity index is 493. The smallest absolute Gasteiger partial charge is 0.256 e. The van der Waals surface area contributed by atoms with Crippen molar-refractivity contribution in [1.82, 2.24) is 9.55 Å². The van der Waals surface area contributed by atoms with E-state index in [9.17, 15) is 4.79 Å². The van der Waals surface area contributed by atoms with Gasteiger partial charge < -0.3 is 0 Å². The molecule has 0 aliphatic rings. The Morgan fingerprint density at radius 1 is 1.21 bits per heavy atom. The Labute approximate surface area is 89.2 Å². The molecule has 0 aromatic carbocycles. The van der Waals surface area contributed by atoms with Crippen LogP contribution in [0.25, 0.3) is 5.69 Å². The number of hydrogen-bond acceptors (Lipinski definition) is 2. The summed E-state index contributed by atoms with van der Waals surface area (Å²) >= 11 is 3.24. The normalized spacial score (nSPS) is 10.1. The highest BCUT2D eigenvalue weighted by molar-refractivity contribution is 9.10. The molecule has 0 spiro atoms. The number of aromatic nitrogens is 2. The largest absolute Gasteiger partial charge is 0.284 e. The molecule has 0 N–H and O–H groups in total. The monoisotopic (exact) mass is 250 g/mol. The molecular formula is C10H7BrN2O. The van der Waals surface area contributed by atoms with Crippen LogP contribution in [0.1, 0.15) is 0 Å². The van der Waals surface area contributed by atoms with Gasteiger partial charge in [0.1, 0.15) is 0 Å². The molecule has 0 unspecified atom stereocenters. The molecule has 3 nitrogen and oxygen atoms in total. The molecule has 0 saturated carbocycles. The third-order valence-electron chi connectivity index (χ3n) is 1.82. The van der Waals surface area contributed by atoms with Crippen molar-refractivity contribution in [3.05, 3.63) is 57.7 Å². The maximum Gasteiger partial charge on any atom is 0.256 e. The SMILES string of the molecule is O=c1cc(Br)ccn1-c1ccncc1. The molecular weight excluding hydrogens is 244 g/mol. The fraction of sp³-hybridized carbons (Fsp3) is 0. The molecule has 2 aromatic heterocycles. The van der Waals surface area contributed by atoms with Gasteiger partial charge in [0, 0.05) is 29.1 Å². The van der Waals surface area contributed by atoms with Crippen LogP contribution in [0.4, 0.5) is 0 Å². The van der Waals surface area contributed by atoms with Crippen LogP contribution in [0.15, 0.2) is 52.1 Å². The molecule has 2 rings (SSSR count). The summed E-state index contributed by atoms with van der Waals surface area (Å²) in [7, 11) is 0. The lowest BCUT2D eigenvalue weighted by atomic mass is 10.4. The zero-order valence-corrected chi connectivity index (χ0v) is 8.81. The lowest BCUT2D eigenvalue weighted by Crippen LogP contribution is -2.15. The fourth-order valence-corrected chi connectivity index (χ4v) is 1.49. The number of halogens is 1. The Morgan fingerprint density at radius 3 is 2.57 bits per heavy atom. The zero-order valence-electron chi connectivity index (χ0n) is 7.22. The van der Waals surface area contributed by atoms with Crippen molar-refractivity contribution in [2.75, 3.05) is 0 Å². The van der Waals surface area contributed by atoms with Crippen molar-refractivity contribution in [2.24, 2.45) is 0 Å². The first-order valence-corrected chi connectivity index (χ1v) is 4.85. The second kappa shape index (κ2) is 3.75. The summed E-state index contributed by atoms with van der Waals surface area (Å²) in [5.41, 5.74) is 0.753. The predicted molar refractivity (Wildman–Crippen MR) is 57.5 cm³/mol. The lowest BCUT2D eigenvalue weighted by Gasteiger charge is -2.03. The average Bonchev–Trinajstić information content (AvgIpc) is 2.19. The fourth-order valence-electron chi connectivity index (χ4n) is 1.17. The third-order valence-corrected chi connectivity index (χ3v) is 2.32. The van der Waals surface area contributed by atoms with Crippen molar-refractivity contribution in [1.29, 1.82) is 0 Å². The quantitative estimate of drug-likeness (QED) is 0.776. The summed E-state index contributed by atoms with van der Waals surface area (Å²) in [6.07, 6.45) is 5.04. The van der Waals surface area contributed by atoms with E-state index in [0.717, 1.165) is 10.2 Å². The second-order valence-electron chi connectivity index (χ2n) is 2.76. The van der Waals surface area contributed by atoms with Gasteiger partial charge in [-0.1, -0.05) is 15.9 Å². The minimum absolute atomic E-state index is 0.0643. The van der Waals surface area contributed by atoms with Gasteiger partial charge >= 0.3 is 0 Å². The van der Waals surface area contributed by atoms with Gasteiger partial charge in [-0.15, -0.1) is 0 Å². The first-order valence-electron chi connectivity index (χ1n) is 4.06. The van der Waals surface area contributed by atoms with E-state index in [-0.39, 0.29) is 5.56 Å². The highest BCUT2D eigenvalue weighted by Gasteiger charge is 1.98. The molecule has 0 radical (unpaired) electrons. The maximum atomic E-state index is 11.6. The maximum absolute atomic E-state index is 11.6. The standard InChI is InChI=1S/C10H7BrN2O/c11-8-3-6-13(10(14)7-8)9-1-4-12-5-2-9/h1-7H. The summed E-state index contributed by atoms with van der Waals surface area (Å²) in [4.78, 5) is 15.4. The summed E-state index contributed by atoms with van der Waals surface area (Å²) in [5, 5.41) is 0. The van der Waals surface area contributed by atoms with Gasteiger partial charge in [-0.25, -0.2) is 0 Å². The molecule has 4 heteroatoms. The third kappa shape index (κ3) is 1.75. The van der Waals surface area contributed by atoms with Gasteiger partial charge in [-0.05, 0) is 18.2 Å². The number of rotatable bonds is 1. The van der Waals surface area contributed by atoms with E-state index in [1.165, 1.54) is 6.07 Å². The Balaban J connectivity index is 2.59. The molecule has 14 heavy (non-hydrogen) atoms. The zero-order chi connectivity index (χ0) is 9.97. The van der Waals surface area contributed by atoms with Crippen molar-refractivity contribution in [3.8, 4) is 5.69 Å². The molecule has 0 atom stereocenters. The van der Waals surface area contributed by atoms with Crippen LogP contribution in [-0.4, -0.2) is 9.55 Å². The Morgan fingerprint density at radius 2 is 1.93 bits per heavy atom. The minimum Gasteiger partial charge on any atom is -0.284 e. The van der Waals surface area contributed by atoms with Crippen LogP contribution < -0.4 is 5.56 Å². The van der Waals surface area contributed by atoms with E-state index < -0.39 is 0 Å². The molecule has 0 bridgehead atoms. The summed E-state index contributed by atoms with van der Waals surface area (Å²) in [6.45, 7) is 0. The number of pyridine rings is 2. The molecule has 70 valence electrons. The van der Waals surface area contributed by atoms with Crippen LogP contribution in [0, 0.1) is 0 Å². The summed E-state index contributed by atoms with van der Waals surface area (Å²) < 4.78 is 2.35. The van der Waals surface area contributed by atoms with Gasteiger partial charge in [0.05, 0.1) is 5.69 Å². The molecule has 0 aliphatic heterocycles. The van der Waals surface area contributed by atoms with E-state index in [4.69, 9.17) is 0 Å². The molecule has 0 saturated heterocycles. The van der Waals surface area contributed by atoms with Crippen molar-refractivity contribution in [3.63, 3.8) is 0 Å². The molecule has 0 aliphatic carbocycles. The van der Waals surface area contributed by atoms with Crippen LogP contribution in [0.5, 0.6) is 0 Å². The lowest BCUT2D eigenvalue weighted by molar-refractivity contribution is 0.981.